The molecule has 0 radical (unpaired) electrons. The number of hydrogen-bond acceptors (Lipinski definition) is 5. The lowest BCUT2D eigenvalue weighted by Gasteiger charge is -2.22. The smallest absolute Gasteiger partial charge is 0.375 e. The number of aryl methyl sites for hydroxylation is 1. The van der Waals surface area contributed by atoms with E-state index in [1.54, 1.807) is 20.1 Å². The summed E-state index contributed by atoms with van der Waals surface area (Å²) in [5, 5.41) is 3.71. The summed E-state index contributed by atoms with van der Waals surface area (Å²) in [6.45, 7) is 1.48. The fourth-order valence-corrected chi connectivity index (χ4v) is 3.29. The van der Waals surface area contributed by atoms with Gasteiger partial charge in [-0.1, -0.05) is 31.4 Å². The van der Waals surface area contributed by atoms with E-state index < -0.39 is 5.97 Å². The molecule has 2 aromatic rings. The second-order valence-corrected chi connectivity index (χ2v) is 6.37. The van der Waals surface area contributed by atoms with E-state index in [1.807, 2.05) is 12.1 Å². The van der Waals surface area contributed by atoms with E-state index >= 15 is 0 Å². The van der Waals surface area contributed by atoms with Crippen LogP contribution < -0.4 is 10.1 Å². The lowest BCUT2D eigenvalue weighted by molar-refractivity contribution is -0.125. The molecule has 0 bridgehead atoms. The van der Waals surface area contributed by atoms with Gasteiger partial charge in [0.2, 0.25) is 5.76 Å². The zero-order chi connectivity index (χ0) is 17.8. The van der Waals surface area contributed by atoms with Gasteiger partial charge >= 0.3 is 5.97 Å². The second kappa shape index (κ2) is 7.59. The summed E-state index contributed by atoms with van der Waals surface area (Å²) in [6, 6.07) is 5.63. The summed E-state index contributed by atoms with van der Waals surface area (Å²) in [5.41, 5.74) is 1.17. The molecule has 0 aliphatic heterocycles. The highest BCUT2D eigenvalue weighted by Crippen LogP contribution is 2.32. The molecule has 1 aromatic carbocycles. The van der Waals surface area contributed by atoms with Crippen molar-refractivity contribution in [2.24, 2.45) is 0 Å². The Morgan fingerprint density at radius 1 is 1.24 bits per heavy atom. The van der Waals surface area contributed by atoms with Gasteiger partial charge < -0.3 is 19.2 Å². The normalized spacial score (nSPS) is 15.1. The zero-order valence-electron chi connectivity index (χ0n) is 14.6. The maximum atomic E-state index is 12.3. The summed E-state index contributed by atoms with van der Waals surface area (Å²) in [7, 11) is 1.54. The van der Waals surface area contributed by atoms with Crippen molar-refractivity contribution >= 4 is 22.8 Å². The first-order valence-electron chi connectivity index (χ1n) is 8.62. The maximum Gasteiger partial charge on any atom is 0.375 e. The van der Waals surface area contributed by atoms with Crippen LogP contribution in [0.4, 0.5) is 0 Å². The Morgan fingerprint density at radius 3 is 2.72 bits per heavy atom. The minimum atomic E-state index is -0.644. The highest BCUT2D eigenvalue weighted by molar-refractivity contribution is 5.98. The van der Waals surface area contributed by atoms with Gasteiger partial charge in [0.25, 0.3) is 5.91 Å². The van der Waals surface area contributed by atoms with E-state index in [2.05, 4.69) is 5.32 Å². The lowest BCUT2D eigenvalue weighted by Crippen LogP contribution is -2.38. The van der Waals surface area contributed by atoms with Crippen LogP contribution in [0.25, 0.3) is 11.0 Å². The molecule has 0 saturated heterocycles. The van der Waals surface area contributed by atoms with Gasteiger partial charge in [-0.25, -0.2) is 4.79 Å². The first kappa shape index (κ1) is 17.3. The molecule has 1 N–H and O–H groups in total. The third-order valence-electron chi connectivity index (χ3n) is 4.64. The van der Waals surface area contributed by atoms with Crippen LogP contribution >= 0.6 is 0 Å². The fraction of sp³-hybridized carbons (Fsp3) is 0.474. The molecular formula is C19H23NO5. The molecule has 6 heteroatoms. The predicted octanol–water partition coefficient (Wildman–Crippen LogP) is 3.36. The number of rotatable bonds is 5. The molecule has 6 nitrogen and oxygen atoms in total. The molecule has 1 heterocycles. The molecular weight excluding hydrogens is 322 g/mol. The third-order valence-corrected chi connectivity index (χ3v) is 4.64. The molecule has 1 fully saturated rings. The Hall–Kier alpha value is -2.50. The first-order valence-corrected chi connectivity index (χ1v) is 8.62. The lowest BCUT2D eigenvalue weighted by atomic mass is 9.95. The largest absolute Gasteiger partial charge is 0.493 e. The Kier molecular flexibility index (Phi) is 5.26. The number of fused-ring (bicyclic) bond motifs is 1. The number of amides is 1. The van der Waals surface area contributed by atoms with Gasteiger partial charge in [0, 0.05) is 17.0 Å². The highest BCUT2D eigenvalue weighted by atomic mass is 16.5. The molecule has 25 heavy (non-hydrogen) atoms. The number of carbonyl (C=O) groups is 2. The van der Waals surface area contributed by atoms with Crippen molar-refractivity contribution in [2.75, 3.05) is 13.7 Å². The molecule has 134 valence electrons. The minimum Gasteiger partial charge on any atom is -0.493 e. The summed E-state index contributed by atoms with van der Waals surface area (Å²) in [4.78, 5) is 24.3. The van der Waals surface area contributed by atoms with Gasteiger partial charge in [0.1, 0.15) is 0 Å². The number of esters is 1. The number of carbonyl (C=O) groups excluding carboxylic acids is 2. The monoisotopic (exact) mass is 345 g/mol. The van der Waals surface area contributed by atoms with E-state index in [4.69, 9.17) is 13.9 Å². The van der Waals surface area contributed by atoms with E-state index in [-0.39, 0.29) is 24.3 Å². The maximum absolute atomic E-state index is 12.3. The van der Waals surface area contributed by atoms with Gasteiger partial charge in [-0.2, -0.15) is 0 Å². The second-order valence-electron chi connectivity index (χ2n) is 6.37. The van der Waals surface area contributed by atoms with Crippen molar-refractivity contribution in [3.05, 3.63) is 29.5 Å². The number of ether oxygens (including phenoxy) is 2. The Labute approximate surface area is 146 Å². The van der Waals surface area contributed by atoms with Crippen molar-refractivity contribution in [2.45, 2.75) is 45.1 Å². The number of benzene rings is 1. The number of para-hydroxylation sites is 1. The van der Waals surface area contributed by atoms with Crippen LogP contribution in [-0.4, -0.2) is 31.6 Å². The van der Waals surface area contributed by atoms with Crippen LogP contribution in [0, 0.1) is 6.92 Å². The van der Waals surface area contributed by atoms with Gasteiger partial charge in [-0.3, -0.25) is 4.79 Å². The van der Waals surface area contributed by atoms with E-state index in [0.29, 0.717) is 16.9 Å². The molecule has 1 amide bonds. The average Bonchev–Trinajstić information content (AvgIpc) is 2.97. The van der Waals surface area contributed by atoms with Crippen molar-refractivity contribution in [3.63, 3.8) is 0 Å². The predicted molar refractivity (Wildman–Crippen MR) is 92.8 cm³/mol. The van der Waals surface area contributed by atoms with Gasteiger partial charge in [-0.15, -0.1) is 0 Å². The fourth-order valence-electron chi connectivity index (χ4n) is 3.29. The van der Waals surface area contributed by atoms with Crippen molar-refractivity contribution < 1.29 is 23.5 Å². The zero-order valence-corrected chi connectivity index (χ0v) is 14.6. The Balaban J connectivity index is 1.64. The topological polar surface area (TPSA) is 77.8 Å². The van der Waals surface area contributed by atoms with Crippen LogP contribution in [0.5, 0.6) is 5.75 Å². The van der Waals surface area contributed by atoms with Crippen LogP contribution in [0.2, 0.25) is 0 Å². The van der Waals surface area contributed by atoms with Crippen LogP contribution in [-0.2, 0) is 9.53 Å². The summed E-state index contributed by atoms with van der Waals surface area (Å²) in [6.07, 6.45) is 5.45. The number of hydrogen-bond donors (Lipinski definition) is 1. The molecule has 3 rings (SSSR count). The SMILES string of the molecule is COc1cccc2c(C)c(C(=O)OCC(=O)NC3CCCCC3)oc12. The number of methoxy groups -OCH3 is 1. The summed E-state index contributed by atoms with van der Waals surface area (Å²) >= 11 is 0. The van der Waals surface area contributed by atoms with Crippen molar-refractivity contribution in [1.29, 1.82) is 0 Å². The average molecular weight is 345 g/mol. The van der Waals surface area contributed by atoms with Gasteiger partial charge in [0.15, 0.2) is 17.9 Å². The quantitative estimate of drug-likeness (QED) is 0.841. The number of nitrogens with one attached hydrogen (secondary N) is 1. The van der Waals surface area contributed by atoms with Crippen LogP contribution in [0.15, 0.2) is 22.6 Å². The third kappa shape index (κ3) is 3.78. The molecule has 0 atom stereocenters. The molecule has 1 aliphatic carbocycles. The summed E-state index contributed by atoms with van der Waals surface area (Å²) < 4.78 is 16.0. The summed E-state index contributed by atoms with van der Waals surface area (Å²) in [5.74, 6) is -0.263. The first-order chi connectivity index (χ1) is 12.1. The molecule has 0 spiro atoms. The molecule has 0 unspecified atom stereocenters. The van der Waals surface area contributed by atoms with Crippen LogP contribution in [0.3, 0.4) is 0 Å². The van der Waals surface area contributed by atoms with E-state index in [9.17, 15) is 9.59 Å². The minimum absolute atomic E-state index is 0.102. The number of furan rings is 1. The van der Waals surface area contributed by atoms with E-state index in [1.165, 1.54) is 6.42 Å². The van der Waals surface area contributed by atoms with Gasteiger partial charge in [0.05, 0.1) is 7.11 Å². The standard InChI is InChI=1S/C19H23NO5/c1-12-14-9-6-10-15(23-2)18(14)25-17(12)19(22)24-11-16(21)20-13-7-4-3-5-8-13/h6,9-10,13H,3-5,7-8,11H2,1-2H3,(H,20,21). The Bertz CT molecular complexity index is 773. The molecule has 1 aliphatic rings. The Morgan fingerprint density at radius 2 is 2.00 bits per heavy atom. The molecule has 1 aromatic heterocycles. The highest BCUT2D eigenvalue weighted by Gasteiger charge is 2.22. The molecule has 1 saturated carbocycles. The van der Waals surface area contributed by atoms with Crippen molar-refractivity contribution in [3.8, 4) is 5.75 Å². The van der Waals surface area contributed by atoms with E-state index in [0.717, 1.165) is 31.1 Å². The van der Waals surface area contributed by atoms with Gasteiger partial charge in [-0.05, 0) is 25.8 Å². The van der Waals surface area contributed by atoms with Crippen LogP contribution in [0.1, 0.15) is 48.2 Å². The van der Waals surface area contributed by atoms with Crippen molar-refractivity contribution in [1.82, 2.24) is 5.32 Å².